The molecule has 1 aliphatic carbocycles. The molecule has 96 valence electrons. The number of hydrogen-bond acceptors (Lipinski definition) is 5. The van der Waals surface area contributed by atoms with E-state index in [9.17, 15) is 9.59 Å². The van der Waals surface area contributed by atoms with Crippen molar-refractivity contribution in [2.75, 3.05) is 11.1 Å². The fourth-order valence-electron chi connectivity index (χ4n) is 2.09. The molecule has 1 heterocycles. The number of carbonyl (C=O) groups excluding carboxylic acids is 1. The summed E-state index contributed by atoms with van der Waals surface area (Å²) >= 11 is 0. The number of anilines is 2. The van der Waals surface area contributed by atoms with Crippen LogP contribution in [0.25, 0.3) is 0 Å². The Balaban J connectivity index is 2.27. The number of ketones is 1. The van der Waals surface area contributed by atoms with Crippen LogP contribution < -0.4 is 16.6 Å². The number of aromatic amines is 1. The van der Waals surface area contributed by atoms with Crippen LogP contribution in [-0.4, -0.2) is 15.8 Å². The van der Waals surface area contributed by atoms with Crippen LogP contribution in [0.5, 0.6) is 0 Å². The molecule has 4 N–H and O–H groups in total. The Morgan fingerprint density at radius 3 is 2.78 bits per heavy atom. The smallest absolute Gasteiger partial charge is 0.276 e. The van der Waals surface area contributed by atoms with Gasteiger partial charge in [-0.2, -0.15) is 0 Å². The summed E-state index contributed by atoms with van der Waals surface area (Å²) < 4.78 is 0. The summed E-state index contributed by atoms with van der Waals surface area (Å²) in [5.41, 5.74) is 5.89. The Kier molecular flexibility index (Phi) is 2.94. The van der Waals surface area contributed by atoms with E-state index >= 15 is 0 Å². The third kappa shape index (κ3) is 2.58. The molecule has 0 radical (unpaired) electrons. The average Bonchev–Trinajstić information content (AvgIpc) is 2.22. The lowest BCUT2D eigenvalue weighted by Gasteiger charge is -2.29. The minimum atomic E-state index is -0.394. The van der Waals surface area contributed by atoms with Crippen LogP contribution in [0.2, 0.25) is 0 Å². The number of H-pyrrole nitrogens is 1. The van der Waals surface area contributed by atoms with E-state index in [1.807, 2.05) is 13.8 Å². The van der Waals surface area contributed by atoms with Gasteiger partial charge in [-0.15, -0.1) is 0 Å². The van der Waals surface area contributed by atoms with E-state index in [0.717, 1.165) is 5.70 Å². The van der Waals surface area contributed by atoms with Crippen molar-refractivity contribution in [3.05, 3.63) is 28.5 Å². The van der Waals surface area contributed by atoms with Gasteiger partial charge in [0, 0.05) is 18.2 Å². The van der Waals surface area contributed by atoms with Crippen LogP contribution >= 0.6 is 0 Å². The van der Waals surface area contributed by atoms with E-state index in [1.165, 1.54) is 6.33 Å². The third-order valence-corrected chi connectivity index (χ3v) is 2.83. The van der Waals surface area contributed by atoms with E-state index < -0.39 is 5.56 Å². The molecule has 0 unspecified atom stereocenters. The van der Waals surface area contributed by atoms with Crippen molar-refractivity contribution in [3.63, 3.8) is 0 Å². The molecule has 0 saturated heterocycles. The summed E-state index contributed by atoms with van der Waals surface area (Å²) in [4.78, 5) is 29.3. The molecule has 0 atom stereocenters. The van der Waals surface area contributed by atoms with Gasteiger partial charge in [0.05, 0.1) is 6.33 Å². The van der Waals surface area contributed by atoms with Gasteiger partial charge in [-0.3, -0.25) is 9.59 Å². The zero-order valence-electron chi connectivity index (χ0n) is 10.4. The number of nitrogens with one attached hydrogen (secondary N) is 2. The van der Waals surface area contributed by atoms with Gasteiger partial charge in [0.1, 0.15) is 5.69 Å². The summed E-state index contributed by atoms with van der Waals surface area (Å²) in [6.45, 7) is 4.04. The van der Waals surface area contributed by atoms with Crippen LogP contribution in [0, 0.1) is 5.41 Å². The number of nitrogens with two attached hydrogens (primary N) is 1. The first kappa shape index (κ1) is 12.3. The predicted molar refractivity (Wildman–Crippen MR) is 69.0 cm³/mol. The van der Waals surface area contributed by atoms with Crippen molar-refractivity contribution in [2.24, 2.45) is 5.41 Å². The minimum Gasteiger partial charge on any atom is -0.391 e. The molecule has 0 bridgehead atoms. The minimum absolute atomic E-state index is 0.0224. The number of carbonyl (C=O) groups is 1. The normalized spacial score (nSPS) is 18.3. The Morgan fingerprint density at radius 1 is 1.39 bits per heavy atom. The molecular formula is C12H16N4O2. The molecule has 0 aromatic carbocycles. The van der Waals surface area contributed by atoms with Crippen LogP contribution in [0.3, 0.4) is 0 Å². The van der Waals surface area contributed by atoms with E-state index in [2.05, 4.69) is 15.3 Å². The summed E-state index contributed by atoms with van der Waals surface area (Å²) in [6, 6.07) is 0. The number of hydrogen-bond donors (Lipinski definition) is 3. The molecule has 2 rings (SSSR count). The number of allylic oxidation sites excluding steroid dienone is 2. The second-order valence-corrected chi connectivity index (χ2v) is 5.27. The first-order chi connectivity index (χ1) is 8.37. The topological polar surface area (TPSA) is 101 Å². The zero-order valence-corrected chi connectivity index (χ0v) is 10.4. The number of nitrogens with zero attached hydrogens (tertiary/aromatic N) is 1. The molecule has 0 amide bonds. The van der Waals surface area contributed by atoms with Gasteiger partial charge in [0.15, 0.2) is 11.6 Å². The quantitative estimate of drug-likeness (QED) is 0.725. The van der Waals surface area contributed by atoms with Crippen LogP contribution in [0.15, 0.2) is 22.9 Å². The highest BCUT2D eigenvalue weighted by Gasteiger charge is 2.27. The Morgan fingerprint density at radius 2 is 2.11 bits per heavy atom. The van der Waals surface area contributed by atoms with Gasteiger partial charge in [0.25, 0.3) is 5.56 Å². The van der Waals surface area contributed by atoms with Gasteiger partial charge in [-0.1, -0.05) is 13.8 Å². The average molecular weight is 248 g/mol. The van der Waals surface area contributed by atoms with E-state index in [-0.39, 0.29) is 22.7 Å². The molecule has 1 aromatic heterocycles. The summed E-state index contributed by atoms with van der Waals surface area (Å²) in [7, 11) is 0. The standard InChI is InChI=1S/C12H16N4O2/c1-12(2)4-7(3-8(17)5-12)16-10-9(13)11(18)15-6-14-10/h3,6H,4-5,13H2,1-2H3,(H2,14,15,16,18). The highest BCUT2D eigenvalue weighted by Crippen LogP contribution is 2.33. The van der Waals surface area contributed by atoms with E-state index in [0.29, 0.717) is 12.8 Å². The van der Waals surface area contributed by atoms with Crippen LogP contribution in [0.4, 0.5) is 11.5 Å². The van der Waals surface area contributed by atoms with E-state index in [1.54, 1.807) is 6.08 Å². The molecule has 1 aromatic rings. The Hall–Kier alpha value is -2.11. The SMILES string of the molecule is CC1(C)CC(=O)C=C(Nc2nc[nH]c(=O)c2N)C1. The second-order valence-electron chi connectivity index (χ2n) is 5.27. The fraction of sp³-hybridized carbons (Fsp3) is 0.417. The lowest BCUT2D eigenvalue weighted by Crippen LogP contribution is -2.25. The van der Waals surface area contributed by atoms with Gasteiger partial charge in [-0.25, -0.2) is 4.98 Å². The molecule has 0 aliphatic heterocycles. The van der Waals surface area contributed by atoms with Crippen LogP contribution in [-0.2, 0) is 4.79 Å². The molecule has 6 nitrogen and oxygen atoms in total. The largest absolute Gasteiger partial charge is 0.391 e. The van der Waals surface area contributed by atoms with Crippen molar-refractivity contribution in [2.45, 2.75) is 26.7 Å². The maximum Gasteiger partial charge on any atom is 0.276 e. The number of nitrogen functional groups attached to an aromatic ring is 1. The first-order valence-electron chi connectivity index (χ1n) is 5.71. The lowest BCUT2D eigenvalue weighted by molar-refractivity contribution is -0.117. The Bertz CT molecular complexity index is 572. The molecule has 18 heavy (non-hydrogen) atoms. The van der Waals surface area contributed by atoms with E-state index in [4.69, 9.17) is 5.73 Å². The first-order valence-corrected chi connectivity index (χ1v) is 5.71. The summed E-state index contributed by atoms with van der Waals surface area (Å²) in [6.07, 6.45) is 4.06. The maximum absolute atomic E-state index is 11.6. The van der Waals surface area contributed by atoms with Gasteiger partial charge < -0.3 is 16.0 Å². The summed E-state index contributed by atoms with van der Waals surface area (Å²) in [5.74, 6) is 0.354. The molecule has 0 saturated carbocycles. The van der Waals surface area contributed by atoms with Crippen LogP contribution in [0.1, 0.15) is 26.7 Å². The molecule has 0 spiro atoms. The zero-order chi connectivity index (χ0) is 13.3. The highest BCUT2D eigenvalue weighted by molar-refractivity contribution is 5.92. The predicted octanol–water partition coefficient (Wildman–Crippen LogP) is 1.04. The van der Waals surface area contributed by atoms with Crippen molar-refractivity contribution in [1.82, 2.24) is 9.97 Å². The molecular weight excluding hydrogens is 232 g/mol. The van der Waals surface area contributed by atoms with Crippen molar-refractivity contribution >= 4 is 17.3 Å². The molecule has 1 aliphatic rings. The lowest BCUT2D eigenvalue weighted by atomic mass is 9.79. The van der Waals surface area contributed by atoms with Crippen molar-refractivity contribution < 1.29 is 4.79 Å². The third-order valence-electron chi connectivity index (χ3n) is 2.83. The van der Waals surface area contributed by atoms with Gasteiger partial charge >= 0.3 is 0 Å². The molecule has 6 heteroatoms. The second kappa shape index (κ2) is 4.29. The van der Waals surface area contributed by atoms with Crippen molar-refractivity contribution in [1.29, 1.82) is 0 Å². The fourth-order valence-corrected chi connectivity index (χ4v) is 2.09. The number of rotatable bonds is 2. The van der Waals surface area contributed by atoms with Gasteiger partial charge in [0.2, 0.25) is 0 Å². The van der Waals surface area contributed by atoms with Crippen molar-refractivity contribution in [3.8, 4) is 0 Å². The highest BCUT2D eigenvalue weighted by atomic mass is 16.1. The summed E-state index contributed by atoms with van der Waals surface area (Å²) in [5, 5.41) is 2.96. The number of aromatic nitrogens is 2. The Labute approximate surface area is 104 Å². The molecule has 0 fully saturated rings. The monoisotopic (exact) mass is 248 g/mol. The van der Waals surface area contributed by atoms with Gasteiger partial charge in [-0.05, 0) is 11.8 Å². The maximum atomic E-state index is 11.6.